The average Bonchev–Trinajstić information content (AvgIpc) is 3.64. The van der Waals surface area contributed by atoms with Crippen molar-refractivity contribution in [1.82, 2.24) is 19.7 Å². The number of amides is 1. The minimum Gasteiger partial charge on any atom is -0.444 e. The first kappa shape index (κ1) is 33.6. The molecule has 1 saturated heterocycles. The van der Waals surface area contributed by atoms with Crippen LogP contribution in [0.4, 0.5) is 10.5 Å². The predicted octanol–water partition coefficient (Wildman–Crippen LogP) is 6.11. The molecule has 3 atom stereocenters. The second-order valence-electron chi connectivity index (χ2n) is 15.2. The number of fused-ring (bicyclic) bond motifs is 2. The van der Waals surface area contributed by atoms with Crippen LogP contribution in [0.25, 0.3) is 21.3 Å². The van der Waals surface area contributed by atoms with Crippen LogP contribution in [0.1, 0.15) is 76.5 Å². The van der Waals surface area contributed by atoms with E-state index < -0.39 is 11.7 Å². The maximum atomic E-state index is 13.2. The molecule has 1 aromatic carbocycles. The van der Waals surface area contributed by atoms with Gasteiger partial charge in [-0.15, -0.1) is 11.3 Å². The minimum atomic E-state index is -0.645. The van der Waals surface area contributed by atoms with E-state index in [4.69, 9.17) is 4.74 Å². The fraction of sp³-hybridized carbons (Fsp3) is 0.486. The number of hydrogen-bond donors (Lipinski definition) is 1. The van der Waals surface area contributed by atoms with E-state index >= 15 is 0 Å². The Labute approximate surface area is 285 Å². The summed E-state index contributed by atoms with van der Waals surface area (Å²) >= 11 is 1.58. The van der Waals surface area contributed by atoms with E-state index in [1.54, 1.807) is 34.7 Å². The molecule has 0 unspecified atom stereocenters. The fourth-order valence-corrected chi connectivity index (χ4v) is 8.00. The summed E-state index contributed by atoms with van der Waals surface area (Å²) in [6.07, 6.45) is 4.56. The van der Waals surface area contributed by atoms with Gasteiger partial charge in [0, 0.05) is 53.1 Å². The van der Waals surface area contributed by atoms with Gasteiger partial charge in [-0.25, -0.2) is 9.48 Å². The van der Waals surface area contributed by atoms with Crippen LogP contribution in [0.3, 0.4) is 0 Å². The third-order valence-corrected chi connectivity index (χ3v) is 10.3. The molecule has 2 aliphatic heterocycles. The summed E-state index contributed by atoms with van der Waals surface area (Å²) in [5.74, 6) is 0.323. The molecule has 4 aromatic rings. The summed E-state index contributed by atoms with van der Waals surface area (Å²) < 4.78 is 8.17. The number of aromatic nitrogens is 3. The molecule has 10 nitrogen and oxygen atoms in total. The highest BCUT2D eigenvalue weighted by atomic mass is 32.1. The normalized spacial score (nSPS) is 19.8. The van der Waals surface area contributed by atoms with Crippen molar-refractivity contribution in [3.8, 4) is 17.2 Å². The van der Waals surface area contributed by atoms with Crippen molar-refractivity contribution in [2.75, 3.05) is 24.6 Å². The van der Waals surface area contributed by atoms with Crippen molar-refractivity contribution in [3.05, 3.63) is 74.6 Å². The van der Waals surface area contributed by atoms with Gasteiger partial charge in [-0.2, -0.15) is 10.4 Å². The molecule has 3 aromatic heterocycles. The Kier molecular flexibility index (Phi) is 8.85. The van der Waals surface area contributed by atoms with Gasteiger partial charge in [-0.05, 0) is 80.3 Å². The second-order valence-corrected chi connectivity index (χ2v) is 16.4. The summed E-state index contributed by atoms with van der Waals surface area (Å²) in [6.45, 7) is 15.3. The van der Waals surface area contributed by atoms with E-state index in [0.717, 1.165) is 56.0 Å². The summed E-state index contributed by atoms with van der Waals surface area (Å²) in [5.41, 5.74) is 5.39. The van der Waals surface area contributed by atoms with Gasteiger partial charge < -0.3 is 19.6 Å². The predicted molar refractivity (Wildman–Crippen MR) is 189 cm³/mol. The molecule has 252 valence electrons. The summed E-state index contributed by atoms with van der Waals surface area (Å²) in [6, 6.07) is 11.6. The zero-order valence-electron chi connectivity index (χ0n) is 28.8. The van der Waals surface area contributed by atoms with E-state index in [9.17, 15) is 20.0 Å². The number of aliphatic hydroxyl groups is 1. The van der Waals surface area contributed by atoms with Crippen LogP contribution < -0.4 is 10.5 Å². The molecule has 0 bridgehead atoms. The summed E-state index contributed by atoms with van der Waals surface area (Å²) in [4.78, 5) is 35.9. The van der Waals surface area contributed by atoms with Crippen molar-refractivity contribution < 1.29 is 14.6 Å². The largest absolute Gasteiger partial charge is 0.444 e. The van der Waals surface area contributed by atoms with Gasteiger partial charge in [0.1, 0.15) is 5.60 Å². The highest BCUT2D eigenvalue weighted by Gasteiger charge is 2.42. The second kappa shape index (κ2) is 12.6. The number of anilines is 1. The lowest BCUT2D eigenvalue weighted by molar-refractivity contribution is 0.0174. The number of carbonyl (C=O) groups is 1. The number of ether oxygens (including phenoxy) is 1. The zero-order chi connectivity index (χ0) is 34.5. The molecule has 0 spiro atoms. The number of benzene rings is 1. The number of hydrogen-bond acceptors (Lipinski definition) is 9. The van der Waals surface area contributed by atoms with Crippen LogP contribution in [0.15, 0.2) is 47.5 Å². The highest BCUT2D eigenvalue weighted by molar-refractivity contribution is 7.19. The number of rotatable bonds is 5. The molecule has 2 aliphatic rings. The van der Waals surface area contributed by atoms with Crippen molar-refractivity contribution in [3.63, 3.8) is 0 Å². The number of pyridine rings is 1. The lowest BCUT2D eigenvalue weighted by Crippen LogP contribution is -2.45. The van der Waals surface area contributed by atoms with Gasteiger partial charge >= 0.3 is 6.09 Å². The number of likely N-dealkylation sites (tertiary alicyclic amines) is 1. The molecule has 48 heavy (non-hydrogen) atoms. The molecule has 1 N–H and O–H groups in total. The maximum absolute atomic E-state index is 13.2. The van der Waals surface area contributed by atoms with Gasteiger partial charge in [0.05, 0.1) is 47.2 Å². The molecule has 0 aliphatic carbocycles. The highest BCUT2D eigenvalue weighted by Crippen LogP contribution is 2.45. The summed E-state index contributed by atoms with van der Waals surface area (Å²) in [5, 5.41) is 24.9. The number of nitrogens with zero attached hydrogens (tertiary/aromatic N) is 6. The van der Waals surface area contributed by atoms with Gasteiger partial charge in [0.25, 0.3) is 5.56 Å². The van der Waals surface area contributed by atoms with Crippen molar-refractivity contribution in [1.29, 1.82) is 5.26 Å². The fourth-order valence-electron chi connectivity index (χ4n) is 6.88. The van der Waals surface area contributed by atoms with E-state index in [-0.39, 0.29) is 29.7 Å². The van der Waals surface area contributed by atoms with E-state index in [2.05, 4.69) is 48.7 Å². The van der Waals surface area contributed by atoms with E-state index in [1.807, 2.05) is 45.0 Å². The smallest absolute Gasteiger partial charge is 0.410 e. The van der Waals surface area contributed by atoms with Crippen molar-refractivity contribution >= 4 is 33.3 Å². The SMILES string of the molecule is C[C@@H]1Cc2cc(C#N)cc(-c3ccnc4cc(Cn5ncc(C(C)(C)C)cc5=O)sc34)c2N([C@H]2C[C@H](CO)N(C(=O)OC(C)(C)C)C2)C1. The monoisotopic (exact) mass is 668 g/mol. The molecule has 11 heteroatoms. The number of nitriles is 1. The lowest BCUT2D eigenvalue weighted by Gasteiger charge is -2.40. The Morgan fingerprint density at radius 2 is 1.90 bits per heavy atom. The Morgan fingerprint density at radius 1 is 1.12 bits per heavy atom. The lowest BCUT2D eigenvalue weighted by atomic mass is 9.87. The third-order valence-electron chi connectivity index (χ3n) is 9.15. The molecule has 6 rings (SSSR count). The van der Waals surface area contributed by atoms with Gasteiger partial charge in [-0.3, -0.25) is 9.78 Å². The van der Waals surface area contributed by atoms with E-state index in [1.165, 1.54) is 4.68 Å². The molecule has 5 heterocycles. The molecular formula is C37H44N6O4S. The number of carbonyl (C=O) groups excluding carboxylic acids is 1. The van der Waals surface area contributed by atoms with Crippen LogP contribution in [-0.4, -0.2) is 68.2 Å². The van der Waals surface area contributed by atoms with Crippen LogP contribution in [0.5, 0.6) is 0 Å². The summed E-state index contributed by atoms with van der Waals surface area (Å²) in [7, 11) is 0. The first-order valence-corrected chi connectivity index (χ1v) is 17.4. The molecule has 0 radical (unpaired) electrons. The molecular weight excluding hydrogens is 625 g/mol. The van der Waals surface area contributed by atoms with Crippen LogP contribution in [0, 0.1) is 17.2 Å². The van der Waals surface area contributed by atoms with Gasteiger partial charge in [0.15, 0.2) is 0 Å². The molecule has 1 fully saturated rings. The Balaban J connectivity index is 1.41. The first-order chi connectivity index (χ1) is 22.6. The van der Waals surface area contributed by atoms with Crippen molar-refractivity contribution in [2.24, 2.45) is 5.92 Å². The first-order valence-electron chi connectivity index (χ1n) is 16.5. The Hall–Kier alpha value is -4.27. The van der Waals surface area contributed by atoms with Crippen molar-refractivity contribution in [2.45, 2.75) is 91.0 Å². The van der Waals surface area contributed by atoms with Crippen LogP contribution >= 0.6 is 11.3 Å². The third kappa shape index (κ3) is 6.69. The average molecular weight is 669 g/mol. The molecule has 0 saturated carbocycles. The van der Waals surface area contributed by atoms with Gasteiger partial charge in [-0.1, -0.05) is 27.7 Å². The van der Waals surface area contributed by atoms with Crippen LogP contribution in [-0.2, 0) is 23.1 Å². The molecule has 1 amide bonds. The Morgan fingerprint density at radius 3 is 2.56 bits per heavy atom. The quantitative estimate of drug-likeness (QED) is 0.270. The topological polar surface area (TPSA) is 125 Å². The van der Waals surface area contributed by atoms with Crippen LogP contribution in [0.2, 0.25) is 0 Å². The van der Waals surface area contributed by atoms with Gasteiger partial charge in [0.2, 0.25) is 0 Å². The zero-order valence-corrected chi connectivity index (χ0v) is 29.6. The minimum absolute atomic E-state index is 0.0481. The number of aliphatic hydroxyl groups excluding tert-OH is 1. The standard InChI is InChI=1S/C37H44N6O4S/c1-22-10-24-11-23(16-38)12-30(33(24)41(18-22)26-14-27(21-44)42(19-26)35(46)47-37(5,6)7)29-8-9-39-31-15-28(48-34(29)31)20-43-32(45)13-25(17-40-43)36(2,3)4/h8-9,11-13,15,17,22,26-27,44H,10,14,18-21H2,1-7H3/t22-,26+,27-/m1/s1. The van der Waals surface area contributed by atoms with E-state index in [0.29, 0.717) is 31.0 Å². The maximum Gasteiger partial charge on any atom is 0.410 e. The number of thiophene rings is 1. The Bertz CT molecular complexity index is 1960.